The minimum atomic E-state index is -1.11. The van der Waals surface area contributed by atoms with Crippen LogP contribution in [0.3, 0.4) is 0 Å². The van der Waals surface area contributed by atoms with Crippen molar-refractivity contribution in [1.29, 1.82) is 0 Å². The number of carboxylic acids is 1. The topological polar surface area (TPSA) is 75.4 Å². The molecule has 0 aliphatic heterocycles. The molecule has 94 valence electrons. The molecular formula is C12H11FN2O3. The number of anilines is 1. The number of halogens is 1. The molecule has 0 spiro atoms. The van der Waals surface area contributed by atoms with Crippen molar-refractivity contribution in [2.45, 2.75) is 13.5 Å². The maximum Gasteiger partial charge on any atom is 0.341 e. The number of nitrogens with zero attached hydrogens (tertiary/aromatic N) is 1. The van der Waals surface area contributed by atoms with Gasteiger partial charge in [-0.25, -0.2) is 9.18 Å². The Balaban J connectivity index is 2.14. The summed E-state index contributed by atoms with van der Waals surface area (Å²) in [5, 5.41) is 15.2. The van der Waals surface area contributed by atoms with E-state index in [0.29, 0.717) is 11.3 Å². The minimum absolute atomic E-state index is 0.00319. The number of rotatable bonds is 4. The van der Waals surface area contributed by atoms with Crippen LogP contribution in [0.25, 0.3) is 0 Å². The third kappa shape index (κ3) is 2.32. The molecule has 2 aromatic rings. The smallest absolute Gasteiger partial charge is 0.341 e. The molecule has 1 aromatic heterocycles. The molecule has 0 amide bonds. The summed E-state index contributed by atoms with van der Waals surface area (Å²) in [6.45, 7) is 1.77. The first kappa shape index (κ1) is 12.1. The second-order valence-electron chi connectivity index (χ2n) is 3.73. The number of aromatic nitrogens is 1. The van der Waals surface area contributed by atoms with Crippen LogP contribution in [0.4, 0.5) is 10.1 Å². The third-order valence-electron chi connectivity index (χ3n) is 2.58. The molecule has 6 heteroatoms. The van der Waals surface area contributed by atoms with Crippen molar-refractivity contribution in [3.05, 3.63) is 47.1 Å². The van der Waals surface area contributed by atoms with Gasteiger partial charge in [-0.1, -0.05) is 11.2 Å². The third-order valence-corrected chi connectivity index (χ3v) is 2.58. The fourth-order valence-corrected chi connectivity index (χ4v) is 1.54. The summed E-state index contributed by atoms with van der Waals surface area (Å²) in [6, 6.07) is 4.63. The van der Waals surface area contributed by atoms with Crippen LogP contribution < -0.4 is 5.32 Å². The Morgan fingerprint density at radius 1 is 1.56 bits per heavy atom. The van der Waals surface area contributed by atoms with Crippen LogP contribution in [-0.2, 0) is 6.54 Å². The van der Waals surface area contributed by atoms with Crippen molar-refractivity contribution in [2.24, 2.45) is 0 Å². The number of aromatic carboxylic acids is 1. The van der Waals surface area contributed by atoms with Crippen molar-refractivity contribution < 1.29 is 18.8 Å². The van der Waals surface area contributed by atoms with Gasteiger partial charge in [0.2, 0.25) is 0 Å². The monoisotopic (exact) mass is 250 g/mol. The van der Waals surface area contributed by atoms with Gasteiger partial charge in [-0.15, -0.1) is 0 Å². The Bertz CT molecular complexity index is 580. The zero-order valence-electron chi connectivity index (χ0n) is 9.61. The van der Waals surface area contributed by atoms with Crippen molar-refractivity contribution >= 4 is 11.7 Å². The van der Waals surface area contributed by atoms with E-state index in [9.17, 15) is 9.18 Å². The van der Waals surface area contributed by atoms with Gasteiger partial charge in [0, 0.05) is 11.3 Å². The summed E-state index contributed by atoms with van der Waals surface area (Å²) in [7, 11) is 0. The summed E-state index contributed by atoms with van der Waals surface area (Å²) < 4.78 is 18.1. The molecule has 18 heavy (non-hydrogen) atoms. The van der Waals surface area contributed by atoms with Crippen LogP contribution in [0.5, 0.6) is 0 Å². The normalized spacial score (nSPS) is 10.3. The van der Waals surface area contributed by atoms with E-state index in [1.807, 2.05) is 0 Å². The summed E-state index contributed by atoms with van der Waals surface area (Å²) in [4.78, 5) is 10.8. The summed E-state index contributed by atoms with van der Waals surface area (Å²) in [6.07, 6.45) is 1.14. The van der Waals surface area contributed by atoms with Gasteiger partial charge < -0.3 is 14.9 Å². The van der Waals surface area contributed by atoms with E-state index in [-0.39, 0.29) is 23.7 Å². The van der Waals surface area contributed by atoms with Gasteiger partial charge in [-0.05, 0) is 19.1 Å². The predicted molar refractivity (Wildman–Crippen MR) is 61.9 cm³/mol. The Hall–Kier alpha value is -2.37. The van der Waals surface area contributed by atoms with E-state index in [1.165, 1.54) is 6.07 Å². The lowest BCUT2D eigenvalue weighted by Crippen LogP contribution is -2.06. The van der Waals surface area contributed by atoms with Gasteiger partial charge in [0.05, 0.1) is 12.7 Å². The molecule has 0 bridgehead atoms. The summed E-state index contributed by atoms with van der Waals surface area (Å²) in [5.74, 6) is -1.23. The first-order chi connectivity index (χ1) is 8.59. The number of carbonyl (C=O) groups is 1. The van der Waals surface area contributed by atoms with E-state index >= 15 is 0 Å². The van der Waals surface area contributed by atoms with Crippen molar-refractivity contribution in [2.75, 3.05) is 5.32 Å². The Labute approximate surface area is 102 Å². The minimum Gasteiger partial charge on any atom is -0.478 e. The first-order valence-electron chi connectivity index (χ1n) is 5.25. The van der Waals surface area contributed by atoms with Crippen molar-refractivity contribution in [3.63, 3.8) is 0 Å². The number of nitrogens with one attached hydrogen (secondary N) is 1. The Kier molecular flexibility index (Phi) is 3.27. The maximum atomic E-state index is 13.3. The highest BCUT2D eigenvalue weighted by atomic mass is 19.1. The first-order valence-corrected chi connectivity index (χ1v) is 5.25. The van der Waals surface area contributed by atoms with Crippen LogP contribution in [0, 0.1) is 12.7 Å². The molecular weight excluding hydrogens is 239 g/mol. The molecule has 0 radical (unpaired) electrons. The highest BCUT2D eigenvalue weighted by molar-refractivity contribution is 5.88. The SMILES string of the molecule is Cc1c(F)cccc1NCc1oncc1C(=O)O. The quantitative estimate of drug-likeness (QED) is 0.871. The average Bonchev–Trinajstić information content (AvgIpc) is 2.79. The molecule has 0 aliphatic rings. The fraction of sp³-hybridized carbons (Fsp3) is 0.167. The summed E-state index contributed by atoms with van der Waals surface area (Å²) in [5.41, 5.74) is 1.05. The van der Waals surface area contributed by atoms with Crippen LogP contribution in [0.15, 0.2) is 28.9 Å². The van der Waals surface area contributed by atoms with Crippen LogP contribution in [0.1, 0.15) is 21.7 Å². The zero-order chi connectivity index (χ0) is 13.1. The average molecular weight is 250 g/mol. The molecule has 0 saturated heterocycles. The molecule has 0 aliphatic carbocycles. The maximum absolute atomic E-state index is 13.3. The van der Waals surface area contributed by atoms with E-state index in [2.05, 4.69) is 10.5 Å². The Morgan fingerprint density at radius 2 is 2.33 bits per heavy atom. The van der Waals surface area contributed by atoms with E-state index < -0.39 is 5.97 Å². The number of hydrogen-bond donors (Lipinski definition) is 2. The van der Waals surface area contributed by atoms with Gasteiger partial charge in [0.1, 0.15) is 11.4 Å². The van der Waals surface area contributed by atoms with E-state index in [0.717, 1.165) is 6.20 Å². The Morgan fingerprint density at radius 3 is 3.06 bits per heavy atom. The number of benzene rings is 1. The second kappa shape index (κ2) is 4.87. The molecule has 0 saturated carbocycles. The van der Waals surface area contributed by atoms with Crippen LogP contribution >= 0.6 is 0 Å². The molecule has 2 N–H and O–H groups in total. The van der Waals surface area contributed by atoms with E-state index in [4.69, 9.17) is 9.63 Å². The van der Waals surface area contributed by atoms with Crippen LogP contribution in [0.2, 0.25) is 0 Å². The van der Waals surface area contributed by atoms with Crippen LogP contribution in [-0.4, -0.2) is 16.2 Å². The highest BCUT2D eigenvalue weighted by Crippen LogP contribution is 2.19. The van der Waals surface area contributed by atoms with Crippen molar-refractivity contribution in [1.82, 2.24) is 5.16 Å². The predicted octanol–water partition coefficient (Wildman–Crippen LogP) is 2.43. The number of hydrogen-bond acceptors (Lipinski definition) is 4. The van der Waals surface area contributed by atoms with Gasteiger partial charge in [0.25, 0.3) is 0 Å². The molecule has 1 heterocycles. The lowest BCUT2D eigenvalue weighted by atomic mass is 10.2. The van der Waals surface area contributed by atoms with Gasteiger partial charge >= 0.3 is 5.97 Å². The second-order valence-corrected chi connectivity index (χ2v) is 3.73. The molecule has 5 nitrogen and oxygen atoms in total. The van der Waals surface area contributed by atoms with Gasteiger partial charge in [-0.3, -0.25) is 0 Å². The van der Waals surface area contributed by atoms with Crippen molar-refractivity contribution in [3.8, 4) is 0 Å². The highest BCUT2D eigenvalue weighted by Gasteiger charge is 2.15. The van der Waals surface area contributed by atoms with Gasteiger partial charge in [0.15, 0.2) is 5.76 Å². The zero-order valence-corrected chi connectivity index (χ0v) is 9.61. The number of carboxylic acid groups (broad SMARTS) is 1. The standard InChI is InChI=1S/C12H11FN2O3/c1-7-9(13)3-2-4-10(7)14-6-11-8(12(16)17)5-15-18-11/h2-5,14H,6H2,1H3,(H,16,17). The molecule has 0 fully saturated rings. The molecule has 0 unspecified atom stereocenters. The largest absolute Gasteiger partial charge is 0.478 e. The molecule has 2 rings (SSSR count). The fourth-order valence-electron chi connectivity index (χ4n) is 1.54. The molecule has 1 aromatic carbocycles. The van der Waals surface area contributed by atoms with E-state index in [1.54, 1.807) is 19.1 Å². The molecule has 0 atom stereocenters. The van der Waals surface area contributed by atoms with Gasteiger partial charge in [-0.2, -0.15) is 0 Å². The summed E-state index contributed by atoms with van der Waals surface area (Å²) >= 11 is 0. The lowest BCUT2D eigenvalue weighted by molar-refractivity contribution is 0.0694. The lowest BCUT2D eigenvalue weighted by Gasteiger charge is -2.08.